The Bertz CT molecular complexity index is 549. The minimum atomic E-state index is -0.616. The van der Waals surface area contributed by atoms with Gasteiger partial charge < -0.3 is 9.84 Å². The molecule has 0 spiro atoms. The molecule has 0 atom stereocenters. The predicted molar refractivity (Wildman–Crippen MR) is 64.2 cm³/mol. The van der Waals surface area contributed by atoms with Gasteiger partial charge in [-0.3, -0.25) is 4.79 Å². The summed E-state index contributed by atoms with van der Waals surface area (Å²) in [6, 6.07) is 10.9. The number of aliphatic hydroxyl groups is 1. The molecule has 0 aromatic heterocycles. The normalized spacial score (nSPS) is 10.1. The monoisotopic (exact) mass is 246 g/mol. The van der Waals surface area contributed by atoms with Gasteiger partial charge in [0.2, 0.25) is 0 Å². The largest absolute Gasteiger partial charge is 0.457 e. The zero-order chi connectivity index (χ0) is 13.0. The Labute approximate surface area is 103 Å². The average Bonchev–Trinajstić information content (AvgIpc) is 2.40. The molecule has 0 heterocycles. The first-order valence-corrected chi connectivity index (χ1v) is 5.36. The first kappa shape index (κ1) is 12.3. The maximum atomic E-state index is 13.3. The molecule has 0 saturated carbocycles. The van der Waals surface area contributed by atoms with E-state index in [1.54, 1.807) is 24.3 Å². The average molecular weight is 246 g/mol. The van der Waals surface area contributed by atoms with Crippen molar-refractivity contribution in [2.24, 2.45) is 0 Å². The van der Waals surface area contributed by atoms with Crippen molar-refractivity contribution in [1.82, 2.24) is 0 Å². The standard InChI is InChI=1S/C14H11FO3/c15-13-2-1-3-14(12(13)9-17)18-11-6-4-10(8-16)5-7-11/h1-7,9,16H,8H2. The molecule has 0 saturated heterocycles. The van der Waals surface area contributed by atoms with E-state index in [4.69, 9.17) is 9.84 Å². The number of carbonyl (C=O) groups excluding carboxylic acids is 1. The molecule has 0 amide bonds. The van der Waals surface area contributed by atoms with Crippen LogP contribution in [-0.2, 0) is 6.61 Å². The van der Waals surface area contributed by atoms with Crippen LogP contribution in [-0.4, -0.2) is 11.4 Å². The van der Waals surface area contributed by atoms with Crippen molar-refractivity contribution in [3.63, 3.8) is 0 Å². The van der Waals surface area contributed by atoms with Gasteiger partial charge in [-0.05, 0) is 29.8 Å². The molecule has 0 aliphatic heterocycles. The molecule has 2 rings (SSSR count). The molecule has 0 aliphatic rings. The lowest BCUT2D eigenvalue weighted by Crippen LogP contribution is -1.94. The van der Waals surface area contributed by atoms with E-state index >= 15 is 0 Å². The molecule has 2 aromatic rings. The third-order valence-corrected chi connectivity index (χ3v) is 2.46. The lowest BCUT2D eigenvalue weighted by Gasteiger charge is -2.08. The van der Waals surface area contributed by atoms with Crippen LogP contribution in [0, 0.1) is 5.82 Å². The minimum Gasteiger partial charge on any atom is -0.457 e. The summed E-state index contributed by atoms with van der Waals surface area (Å²) in [6.07, 6.45) is 0.423. The molecule has 2 aromatic carbocycles. The maximum absolute atomic E-state index is 13.3. The fraction of sp³-hybridized carbons (Fsp3) is 0.0714. The second-order valence-electron chi connectivity index (χ2n) is 3.67. The second kappa shape index (κ2) is 5.42. The van der Waals surface area contributed by atoms with E-state index < -0.39 is 5.82 Å². The molecular weight excluding hydrogens is 235 g/mol. The Kier molecular flexibility index (Phi) is 3.69. The van der Waals surface area contributed by atoms with Crippen LogP contribution in [0.1, 0.15) is 15.9 Å². The van der Waals surface area contributed by atoms with Crippen molar-refractivity contribution < 1.29 is 19.0 Å². The van der Waals surface area contributed by atoms with Crippen LogP contribution in [0.3, 0.4) is 0 Å². The van der Waals surface area contributed by atoms with Crippen molar-refractivity contribution >= 4 is 6.29 Å². The first-order chi connectivity index (χ1) is 8.74. The molecule has 0 bridgehead atoms. The summed E-state index contributed by atoms with van der Waals surface area (Å²) in [6.45, 7) is -0.0557. The third-order valence-electron chi connectivity index (χ3n) is 2.46. The molecule has 0 radical (unpaired) electrons. The molecular formula is C14H11FO3. The number of hydrogen-bond acceptors (Lipinski definition) is 3. The molecule has 0 fully saturated rings. The van der Waals surface area contributed by atoms with Crippen LogP contribution in [0.2, 0.25) is 0 Å². The summed E-state index contributed by atoms with van der Waals surface area (Å²) in [4.78, 5) is 10.8. The van der Waals surface area contributed by atoms with Crippen LogP contribution in [0.4, 0.5) is 4.39 Å². The van der Waals surface area contributed by atoms with Gasteiger partial charge in [0, 0.05) is 0 Å². The topological polar surface area (TPSA) is 46.5 Å². The SMILES string of the molecule is O=Cc1c(F)cccc1Oc1ccc(CO)cc1. The van der Waals surface area contributed by atoms with Gasteiger partial charge >= 0.3 is 0 Å². The molecule has 92 valence electrons. The summed E-state index contributed by atoms with van der Waals surface area (Å²) in [5.41, 5.74) is 0.640. The molecule has 18 heavy (non-hydrogen) atoms. The van der Waals surface area contributed by atoms with Crippen molar-refractivity contribution in [2.75, 3.05) is 0 Å². The molecule has 0 unspecified atom stereocenters. The van der Waals surface area contributed by atoms with Crippen molar-refractivity contribution in [2.45, 2.75) is 6.61 Å². The van der Waals surface area contributed by atoms with Gasteiger partial charge in [0.05, 0.1) is 12.2 Å². The fourth-order valence-electron chi connectivity index (χ4n) is 1.51. The fourth-order valence-corrected chi connectivity index (χ4v) is 1.51. The second-order valence-corrected chi connectivity index (χ2v) is 3.67. The Hall–Kier alpha value is -2.20. The number of rotatable bonds is 4. The number of aliphatic hydroxyl groups excluding tert-OH is 1. The van der Waals surface area contributed by atoms with Gasteiger partial charge in [0.1, 0.15) is 17.3 Å². The summed E-state index contributed by atoms with van der Waals surface area (Å²) in [7, 11) is 0. The Morgan fingerprint density at radius 2 is 1.89 bits per heavy atom. The van der Waals surface area contributed by atoms with E-state index in [9.17, 15) is 9.18 Å². The number of benzene rings is 2. The van der Waals surface area contributed by atoms with Crippen LogP contribution >= 0.6 is 0 Å². The highest BCUT2D eigenvalue weighted by Gasteiger charge is 2.09. The van der Waals surface area contributed by atoms with Gasteiger partial charge in [-0.15, -0.1) is 0 Å². The minimum absolute atomic E-state index is 0.0557. The van der Waals surface area contributed by atoms with E-state index in [2.05, 4.69) is 0 Å². The van der Waals surface area contributed by atoms with E-state index in [1.807, 2.05) is 0 Å². The Balaban J connectivity index is 2.28. The highest BCUT2D eigenvalue weighted by Crippen LogP contribution is 2.26. The van der Waals surface area contributed by atoms with Gasteiger partial charge in [-0.25, -0.2) is 4.39 Å². The highest BCUT2D eigenvalue weighted by molar-refractivity contribution is 5.79. The quantitative estimate of drug-likeness (QED) is 0.844. The van der Waals surface area contributed by atoms with Crippen molar-refractivity contribution in [3.05, 3.63) is 59.4 Å². The van der Waals surface area contributed by atoms with E-state index in [0.29, 0.717) is 12.0 Å². The van der Waals surface area contributed by atoms with Crippen LogP contribution in [0.15, 0.2) is 42.5 Å². The van der Waals surface area contributed by atoms with Crippen molar-refractivity contribution in [1.29, 1.82) is 0 Å². The lowest BCUT2D eigenvalue weighted by atomic mass is 10.2. The number of carbonyl (C=O) groups is 1. The first-order valence-electron chi connectivity index (χ1n) is 5.36. The van der Waals surface area contributed by atoms with Gasteiger partial charge in [0.15, 0.2) is 6.29 Å². The lowest BCUT2D eigenvalue weighted by molar-refractivity contribution is 0.111. The van der Waals surface area contributed by atoms with Crippen LogP contribution < -0.4 is 4.74 Å². The molecule has 3 nitrogen and oxygen atoms in total. The Morgan fingerprint density at radius 3 is 2.50 bits per heavy atom. The van der Waals surface area contributed by atoms with Gasteiger partial charge in [0.25, 0.3) is 0 Å². The summed E-state index contributed by atoms with van der Waals surface area (Å²) < 4.78 is 18.8. The zero-order valence-electron chi connectivity index (χ0n) is 9.47. The summed E-state index contributed by atoms with van der Waals surface area (Å²) in [5.74, 6) is 0.0251. The smallest absolute Gasteiger partial charge is 0.156 e. The molecule has 4 heteroatoms. The molecule has 1 N–H and O–H groups in total. The maximum Gasteiger partial charge on any atom is 0.156 e. The summed E-state index contributed by atoms with van der Waals surface area (Å²) >= 11 is 0. The van der Waals surface area contributed by atoms with E-state index in [0.717, 1.165) is 5.56 Å². The number of aldehydes is 1. The van der Waals surface area contributed by atoms with Crippen LogP contribution in [0.5, 0.6) is 11.5 Å². The highest BCUT2D eigenvalue weighted by atomic mass is 19.1. The van der Waals surface area contributed by atoms with Crippen molar-refractivity contribution in [3.8, 4) is 11.5 Å². The number of hydrogen-bond donors (Lipinski definition) is 1. The summed E-state index contributed by atoms with van der Waals surface area (Å²) in [5, 5.41) is 8.90. The van der Waals surface area contributed by atoms with Gasteiger partial charge in [-0.1, -0.05) is 18.2 Å². The zero-order valence-corrected chi connectivity index (χ0v) is 9.47. The Morgan fingerprint density at radius 1 is 1.17 bits per heavy atom. The number of halogens is 1. The van der Waals surface area contributed by atoms with E-state index in [1.165, 1.54) is 18.2 Å². The van der Waals surface area contributed by atoms with E-state index in [-0.39, 0.29) is 17.9 Å². The number of ether oxygens (including phenoxy) is 1. The predicted octanol–water partition coefficient (Wildman–Crippen LogP) is 2.92. The molecule has 0 aliphatic carbocycles. The third kappa shape index (κ3) is 2.55. The van der Waals surface area contributed by atoms with Gasteiger partial charge in [-0.2, -0.15) is 0 Å². The van der Waals surface area contributed by atoms with Crippen LogP contribution in [0.25, 0.3) is 0 Å².